The highest BCUT2D eigenvalue weighted by Gasteiger charge is 2.29. The number of carbonyl (C=O) groups excluding carboxylic acids is 1. The van der Waals surface area contributed by atoms with E-state index in [1.165, 1.54) is 24.4 Å². The fourth-order valence-electron chi connectivity index (χ4n) is 2.62. The molecule has 1 aromatic heterocycles. The lowest BCUT2D eigenvalue weighted by Crippen LogP contribution is -2.54. The van der Waals surface area contributed by atoms with E-state index in [1.54, 1.807) is 19.2 Å². The highest BCUT2D eigenvalue weighted by Crippen LogP contribution is 2.20. The summed E-state index contributed by atoms with van der Waals surface area (Å²) < 4.78 is 18.1. The first-order valence-electron chi connectivity index (χ1n) is 8.37. The molecule has 5 N–H and O–H groups in total. The highest BCUT2D eigenvalue weighted by atomic mass is 19.1. The van der Waals surface area contributed by atoms with E-state index in [9.17, 15) is 9.18 Å². The molecule has 0 bridgehead atoms. The fourth-order valence-corrected chi connectivity index (χ4v) is 2.62. The van der Waals surface area contributed by atoms with Gasteiger partial charge in [-0.2, -0.15) is 0 Å². The minimum absolute atomic E-state index is 0.130. The topological polar surface area (TPSA) is 116 Å². The Bertz CT molecular complexity index is 836. The molecule has 1 saturated heterocycles. The second kappa shape index (κ2) is 8.00. The predicted octanol–water partition coefficient (Wildman–Crippen LogP) is 1.78. The number of amidine groups is 1. The molecule has 1 aliphatic rings. The lowest BCUT2D eigenvalue weighted by Gasteiger charge is -2.40. The SMILES string of the molecule is COC1CN(C(=N)c2cnc(NC(=O)NCc3ccc(F)cc3)cc2N)C1. The normalized spacial score (nSPS) is 13.8. The number of halogens is 1. The van der Waals surface area contributed by atoms with Gasteiger partial charge in [0.25, 0.3) is 0 Å². The van der Waals surface area contributed by atoms with Crippen LogP contribution in [0.1, 0.15) is 11.1 Å². The second-order valence-corrected chi connectivity index (χ2v) is 6.20. The smallest absolute Gasteiger partial charge is 0.320 e. The predicted molar refractivity (Wildman–Crippen MR) is 100 cm³/mol. The van der Waals surface area contributed by atoms with Crippen molar-refractivity contribution < 1.29 is 13.9 Å². The number of methoxy groups -OCH3 is 1. The summed E-state index contributed by atoms with van der Waals surface area (Å²) in [6.45, 7) is 1.53. The molecular weight excluding hydrogens is 351 g/mol. The Hall–Kier alpha value is -3.20. The summed E-state index contributed by atoms with van der Waals surface area (Å²) in [5, 5.41) is 13.4. The quantitative estimate of drug-likeness (QED) is 0.472. The number of nitrogens with zero attached hydrogens (tertiary/aromatic N) is 2. The summed E-state index contributed by atoms with van der Waals surface area (Å²) in [5.41, 5.74) is 7.64. The average molecular weight is 372 g/mol. The minimum atomic E-state index is -0.459. The van der Waals surface area contributed by atoms with Gasteiger partial charge in [0, 0.05) is 44.7 Å². The lowest BCUT2D eigenvalue weighted by atomic mass is 10.1. The van der Waals surface area contributed by atoms with E-state index in [0.717, 1.165) is 5.56 Å². The Morgan fingerprint density at radius 2 is 2.11 bits per heavy atom. The summed E-state index contributed by atoms with van der Waals surface area (Å²) in [6, 6.07) is 6.90. The van der Waals surface area contributed by atoms with Crippen molar-refractivity contribution in [2.24, 2.45) is 0 Å². The van der Waals surface area contributed by atoms with E-state index in [4.69, 9.17) is 15.9 Å². The zero-order valence-corrected chi connectivity index (χ0v) is 14.8. The molecule has 2 aromatic rings. The van der Waals surface area contributed by atoms with Gasteiger partial charge in [0.15, 0.2) is 0 Å². The second-order valence-electron chi connectivity index (χ2n) is 6.20. The van der Waals surface area contributed by atoms with Gasteiger partial charge >= 0.3 is 6.03 Å². The van der Waals surface area contributed by atoms with Gasteiger partial charge in [-0.3, -0.25) is 10.7 Å². The molecular formula is C18H21FN6O2. The molecule has 0 saturated carbocycles. The largest absolute Gasteiger partial charge is 0.398 e. The number of nitrogens with two attached hydrogens (primary N) is 1. The number of benzene rings is 1. The molecule has 0 aliphatic carbocycles. The van der Waals surface area contributed by atoms with Crippen LogP contribution in [0.4, 0.5) is 20.7 Å². The number of nitrogens with one attached hydrogen (secondary N) is 3. The third kappa shape index (κ3) is 4.50. The number of amides is 2. The molecule has 0 atom stereocenters. The maximum absolute atomic E-state index is 12.9. The van der Waals surface area contributed by atoms with E-state index in [0.29, 0.717) is 24.3 Å². The summed E-state index contributed by atoms with van der Waals surface area (Å²) in [5.74, 6) is 0.226. The number of hydrogen-bond acceptors (Lipinski definition) is 5. The summed E-state index contributed by atoms with van der Waals surface area (Å²) in [4.78, 5) is 18.0. The molecule has 9 heteroatoms. The first-order chi connectivity index (χ1) is 13.0. The van der Waals surface area contributed by atoms with Crippen molar-refractivity contribution in [3.8, 4) is 0 Å². The van der Waals surface area contributed by atoms with Crippen LogP contribution in [0.2, 0.25) is 0 Å². The molecule has 0 radical (unpaired) electrons. The first-order valence-corrected chi connectivity index (χ1v) is 8.37. The number of anilines is 2. The number of urea groups is 1. The maximum Gasteiger partial charge on any atom is 0.320 e. The average Bonchev–Trinajstić information content (AvgIpc) is 2.60. The van der Waals surface area contributed by atoms with E-state index in [-0.39, 0.29) is 30.1 Å². The van der Waals surface area contributed by atoms with Gasteiger partial charge in [0.05, 0.1) is 11.7 Å². The van der Waals surface area contributed by atoms with Gasteiger partial charge in [0.1, 0.15) is 17.5 Å². The number of likely N-dealkylation sites (tertiary alicyclic amines) is 1. The van der Waals surface area contributed by atoms with E-state index in [1.807, 2.05) is 4.90 Å². The van der Waals surface area contributed by atoms with E-state index < -0.39 is 6.03 Å². The number of rotatable bonds is 5. The molecule has 2 heterocycles. The number of ether oxygens (including phenoxy) is 1. The van der Waals surface area contributed by atoms with Crippen LogP contribution >= 0.6 is 0 Å². The van der Waals surface area contributed by atoms with Crippen molar-refractivity contribution in [1.82, 2.24) is 15.2 Å². The number of hydrogen-bond donors (Lipinski definition) is 4. The van der Waals surface area contributed by atoms with Crippen LogP contribution in [-0.2, 0) is 11.3 Å². The maximum atomic E-state index is 12.9. The van der Waals surface area contributed by atoms with Gasteiger partial charge in [-0.1, -0.05) is 12.1 Å². The van der Waals surface area contributed by atoms with Crippen LogP contribution in [0.25, 0.3) is 0 Å². The minimum Gasteiger partial charge on any atom is -0.398 e. The lowest BCUT2D eigenvalue weighted by molar-refractivity contribution is 0.00576. The van der Waals surface area contributed by atoms with Crippen LogP contribution in [0.15, 0.2) is 36.5 Å². The summed E-state index contributed by atoms with van der Waals surface area (Å²) >= 11 is 0. The van der Waals surface area contributed by atoms with Crippen molar-refractivity contribution in [2.75, 3.05) is 31.2 Å². The molecule has 0 spiro atoms. The molecule has 142 valence electrons. The molecule has 27 heavy (non-hydrogen) atoms. The molecule has 2 amide bonds. The van der Waals surface area contributed by atoms with Crippen LogP contribution < -0.4 is 16.4 Å². The Morgan fingerprint density at radius 1 is 1.41 bits per heavy atom. The molecule has 1 aromatic carbocycles. The first kappa shape index (κ1) is 18.6. The van der Waals surface area contributed by atoms with Gasteiger partial charge in [-0.15, -0.1) is 0 Å². The van der Waals surface area contributed by atoms with Crippen molar-refractivity contribution in [3.63, 3.8) is 0 Å². The molecule has 0 unspecified atom stereocenters. The third-order valence-corrected chi connectivity index (χ3v) is 4.30. The molecule has 1 aliphatic heterocycles. The van der Waals surface area contributed by atoms with Gasteiger partial charge < -0.3 is 20.7 Å². The summed E-state index contributed by atoms with van der Waals surface area (Å²) in [6.07, 6.45) is 1.60. The van der Waals surface area contributed by atoms with Crippen molar-refractivity contribution in [3.05, 3.63) is 53.5 Å². The van der Waals surface area contributed by atoms with Crippen LogP contribution in [0.3, 0.4) is 0 Å². The molecule has 8 nitrogen and oxygen atoms in total. The standard InChI is InChI=1S/C18H21FN6O2/c1-27-13-9-25(10-13)17(21)14-8-22-16(6-15(14)20)24-18(26)23-7-11-2-4-12(19)5-3-11/h2-6,8,13,21H,7,9-10H2,1H3,(H4,20,22,23,24,26). The Labute approximate surface area is 156 Å². The monoisotopic (exact) mass is 372 g/mol. The molecule has 1 fully saturated rings. The van der Waals surface area contributed by atoms with Gasteiger partial charge in [-0.25, -0.2) is 14.2 Å². The highest BCUT2D eigenvalue weighted by molar-refractivity contribution is 6.02. The number of pyridine rings is 1. The number of carbonyl (C=O) groups is 1. The van der Waals surface area contributed by atoms with Crippen LogP contribution in [-0.4, -0.2) is 48.1 Å². The number of aromatic nitrogens is 1. The fraction of sp³-hybridized carbons (Fsp3) is 0.278. The Morgan fingerprint density at radius 3 is 2.74 bits per heavy atom. The van der Waals surface area contributed by atoms with Crippen molar-refractivity contribution >= 4 is 23.4 Å². The zero-order chi connectivity index (χ0) is 19.4. The number of nitrogen functional groups attached to an aromatic ring is 1. The zero-order valence-electron chi connectivity index (χ0n) is 14.8. The van der Waals surface area contributed by atoms with Gasteiger partial charge in [0.2, 0.25) is 0 Å². The van der Waals surface area contributed by atoms with Crippen molar-refractivity contribution in [1.29, 1.82) is 5.41 Å². The molecule has 3 rings (SSSR count). The third-order valence-electron chi connectivity index (χ3n) is 4.30. The Kier molecular flexibility index (Phi) is 5.51. The van der Waals surface area contributed by atoms with Crippen LogP contribution in [0.5, 0.6) is 0 Å². The van der Waals surface area contributed by atoms with E-state index >= 15 is 0 Å². The summed E-state index contributed by atoms with van der Waals surface area (Å²) in [7, 11) is 1.64. The van der Waals surface area contributed by atoms with Gasteiger partial charge in [-0.05, 0) is 17.7 Å². The van der Waals surface area contributed by atoms with Crippen molar-refractivity contribution in [2.45, 2.75) is 12.6 Å². The van der Waals surface area contributed by atoms with E-state index in [2.05, 4.69) is 15.6 Å². The van der Waals surface area contributed by atoms with Crippen LogP contribution in [0, 0.1) is 11.2 Å². The Balaban J connectivity index is 1.54.